The molecule has 1 aliphatic heterocycles. The van der Waals surface area contributed by atoms with E-state index in [2.05, 4.69) is 36.7 Å². The molecule has 0 unspecified atom stereocenters. The minimum Gasteiger partial charge on any atom is -0.393 e. The number of carbonyl (C=O) groups is 2. The third-order valence-corrected chi connectivity index (χ3v) is 6.60. The number of benzene rings is 3. The Labute approximate surface area is 219 Å². The van der Waals surface area contributed by atoms with Crippen LogP contribution >= 0.6 is 15.9 Å². The second-order valence-corrected chi connectivity index (χ2v) is 9.87. The third-order valence-electron chi connectivity index (χ3n) is 6.11. The van der Waals surface area contributed by atoms with Gasteiger partial charge in [-0.05, 0) is 61.2 Å². The number of hydrogen-bond acceptors (Lipinski definition) is 5. The number of anilines is 1. The highest BCUT2D eigenvalue weighted by Crippen LogP contribution is 2.22. The molecule has 1 fully saturated rings. The second-order valence-electron chi connectivity index (χ2n) is 8.96. The number of aliphatic hydroxyl groups excluding tert-OH is 1. The van der Waals surface area contributed by atoms with Gasteiger partial charge in [-0.3, -0.25) is 14.5 Å². The Kier molecular flexibility index (Phi) is 8.64. The molecule has 0 aromatic heterocycles. The molecule has 0 atom stereocenters. The van der Waals surface area contributed by atoms with Crippen molar-refractivity contribution in [2.75, 3.05) is 18.4 Å². The number of aryl methyl sites for hydroxylation is 1. The van der Waals surface area contributed by atoms with Gasteiger partial charge in [0.05, 0.1) is 23.6 Å². The van der Waals surface area contributed by atoms with E-state index in [0.717, 1.165) is 49.2 Å². The molecular formula is C28H29BrN4O3. The van der Waals surface area contributed by atoms with Crippen LogP contribution in [0.2, 0.25) is 0 Å². The fraction of sp³-hybridized carbons (Fsp3) is 0.250. The predicted octanol–water partition coefficient (Wildman–Crippen LogP) is 4.73. The van der Waals surface area contributed by atoms with Gasteiger partial charge in [-0.1, -0.05) is 57.9 Å². The molecule has 1 aliphatic rings. The Morgan fingerprint density at radius 2 is 1.72 bits per heavy atom. The van der Waals surface area contributed by atoms with E-state index in [1.165, 1.54) is 0 Å². The number of halogens is 1. The lowest BCUT2D eigenvalue weighted by Gasteiger charge is -2.29. The topological polar surface area (TPSA) is 94.0 Å². The van der Waals surface area contributed by atoms with Crippen LogP contribution in [0.25, 0.3) is 0 Å². The maximum Gasteiger partial charge on any atom is 0.273 e. The van der Waals surface area contributed by atoms with Gasteiger partial charge >= 0.3 is 0 Å². The molecule has 4 rings (SSSR count). The molecule has 3 aromatic carbocycles. The number of hydrazone groups is 1. The van der Waals surface area contributed by atoms with Crippen LogP contribution in [-0.2, 0) is 6.54 Å². The summed E-state index contributed by atoms with van der Waals surface area (Å²) in [5.74, 6) is -0.737. The Bertz CT molecular complexity index is 1230. The molecule has 3 N–H and O–H groups in total. The van der Waals surface area contributed by atoms with Crippen LogP contribution in [0.15, 0.2) is 76.3 Å². The van der Waals surface area contributed by atoms with Crippen molar-refractivity contribution in [1.29, 1.82) is 0 Å². The maximum atomic E-state index is 12.9. The minimum absolute atomic E-state index is 0.196. The summed E-state index contributed by atoms with van der Waals surface area (Å²) in [5.41, 5.74) is 6.83. The first kappa shape index (κ1) is 25.8. The highest BCUT2D eigenvalue weighted by Gasteiger charge is 2.18. The summed E-state index contributed by atoms with van der Waals surface area (Å²) < 4.78 is 0.711. The normalized spacial score (nSPS) is 14.6. The van der Waals surface area contributed by atoms with Gasteiger partial charge in [0.25, 0.3) is 11.8 Å². The van der Waals surface area contributed by atoms with Crippen molar-refractivity contribution in [3.05, 3.63) is 99.0 Å². The van der Waals surface area contributed by atoms with E-state index in [4.69, 9.17) is 0 Å². The number of hydrogen-bond donors (Lipinski definition) is 3. The fourth-order valence-corrected chi connectivity index (χ4v) is 4.34. The Balaban J connectivity index is 1.39. The molecule has 0 bridgehead atoms. The van der Waals surface area contributed by atoms with Gasteiger partial charge < -0.3 is 10.4 Å². The van der Waals surface area contributed by atoms with Gasteiger partial charge in [-0.25, -0.2) is 5.43 Å². The van der Waals surface area contributed by atoms with E-state index in [-0.39, 0.29) is 12.0 Å². The van der Waals surface area contributed by atoms with E-state index < -0.39 is 5.91 Å². The van der Waals surface area contributed by atoms with Crippen LogP contribution in [0.5, 0.6) is 0 Å². The summed E-state index contributed by atoms with van der Waals surface area (Å²) in [6.45, 7) is 4.52. The van der Waals surface area contributed by atoms with Gasteiger partial charge in [0.1, 0.15) is 0 Å². The van der Waals surface area contributed by atoms with E-state index in [1.54, 1.807) is 36.5 Å². The zero-order chi connectivity index (χ0) is 25.5. The molecule has 0 spiro atoms. The lowest BCUT2D eigenvalue weighted by atomic mass is 10.1. The van der Waals surface area contributed by atoms with Gasteiger partial charge in [0.2, 0.25) is 0 Å². The number of rotatable bonds is 7. The van der Waals surface area contributed by atoms with Crippen LogP contribution in [0.3, 0.4) is 0 Å². The molecular weight excluding hydrogens is 520 g/mol. The molecule has 36 heavy (non-hydrogen) atoms. The number of likely N-dealkylation sites (tertiary alicyclic amines) is 1. The predicted molar refractivity (Wildman–Crippen MR) is 145 cm³/mol. The van der Waals surface area contributed by atoms with Crippen molar-refractivity contribution in [3.8, 4) is 0 Å². The average Bonchev–Trinajstić information content (AvgIpc) is 2.88. The van der Waals surface area contributed by atoms with Crippen molar-refractivity contribution >= 4 is 39.6 Å². The maximum absolute atomic E-state index is 12.9. The Morgan fingerprint density at radius 1 is 1.03 bits per heavy atom. The van der Waals surface area contributed by atoms with Gasteiger partial charge in [-0.2, -0.15) is 5.10 Å². The third kappa shape index (κ3) is 7.10. The average molecular weight is 549 g/mol. The van der Waals surface area contributed by atoms with E-state index >= 15 is 0 Å². The van der Waals surface area contributed by atoms with Crippen LogP contribution in [0, 0.1) is 6.92 Å². The van der Waals surface area contributed by atoms with Crippen LogP contribution in [0.4, 0.5) is 5.69 Å². The zero-order valence-corrected chi connectivity index (χ0v) is 21.7. The number of nitrogens with zero attached hydrogens (tertiary/aromatic N) is 2. The van der Waals surface area contributed by atoms with Crippen molar-refractivity contribution < 1.29 is 14.7 Å². The summed E-state index contributed by atoms with van der Waals surface area (Å²) in [5, 5.41) is 16.6. The van der Waals surface area contributed by atoms with Gasteiger partial charge in [0, 0.05) is 29.7 Å². The number of aliphatic hydroxyl groups is 1. The second kappa shape index (κ2) is 12.1. The SMILES string of the molecule is Cc1ccc(C=NNC(=O)c2cc(Br)ccc2NC(=O)c2ccc(CN3CCC(O)CC3)cc2)cc1. The van der Waals surface area contributed by atoms with Crippen molar-refractivity contribution in [2.45, 2.75) is 32.4 Å². The number of carbonyl (C=O) groups excluding carboxylic acids is 2. The first-order chi connectivity index (χ1) is 17.4. The first-order valence-corrected chi connectivity index (χ1v) is 12.7. The molecule has 0 saturated carbocycles. The van der Waals surface area contributed by atoms with Crippen molar-refractivity contribution in [2.24, 2.45) is 5.10 Å². The summed E-state index contributed by atoms with van der Waals surface area (Å²) in [6.07, 6.45) is 2.96. The van der Waals surface area contributed by atoms with Gasteiger partial charge in [0.15, 0.2) is 0 Å². The van der Waals surface area contributed by atoms with E-state index in [9.17, 15) is 14.7 Å². The van der Waals surface area contributed by atoms with Crippen molar-refractivity contribution in [3.63, 3.8) is 0 Å². The summed E-state index contributed by atoms with van der Waals surface area (Å²) >= 11 is 3.39. The zero-order valence-electron chi connectivity index (χ0n) is 20.1. The lowest BCUT2D eigenvalue weighted by molar-refractivity contribution is 0.0792. The molecule has 186 valence electrons. The Hall–Kier alpha value is -3.33. The molecule has 2 amide bonds. The largest absolute Gasteiger partial charge is 0.393 e. The van der Waals surface area contributed by atoms with Crippen LogP contribution in [-0.4, -0.2) is 47.2 Å². The lowest BCUT2D eigenvalue weighted by Crippen LogP contribution is -2.35. The van der Waals surface area contributed by atoms with Gasteiger partial charge in [-0.15, -0.1) is 0 Å². The number of amides is 2. The molecule has 7 nitrogen and oxygen atoms in total. The molecule has 1 heterocycles. The minimum atomic E-state index is -0.433. The molecule has 0 aliphatic carbocycles. The monoisotopic (exact) mass is 548 g/mol. The number of nitrogens with one attached hydrogen (secondary N) is 2. The smallest absolute Gasteiger partial charge is 0.273 e. The standard InChI is InChI=1S/C28H29BrN4O3/c1-19-2-4-20(5-3-19)17-30-32-28(36)25-16-23(29)10-11-26(25)31-27(35)22-8-6-21(7-9-22)18-33-14-12-24(34)13-15-33/h2-11,16-17,24,34H,12-15,18H2,1H3,(H,31,35)(H,32,36). The fourth-order valence-electron chi connectivity index (χ4n) is 3.98. The summed E-state index contributed by atoms with van der Waals surface area (Å²) in [7, 11) is 0. The van der Waals surface area contributed by atoms with E-state index in [1.807, 2.05) is 43.3 Å². The van der Waals surface area contributed by atoms with Crippen LogP contribution in [0.1, 0.15) is 50.2 Å². The highest BCUT2D eigenvalue weighted by atomic mass is 79.9. The first-order valence-electron chi connectivity index (χ1n) is 11.9. The highest BCUT2D eigenvalue weighted by molar-refractivity contribution is 9.10. The molecule has 3 aromatic rings. The summed E-state index contributed by atoms with van der Waals surface area (Å²) in [6, 6.07) is 20.3. The van der Waals surface area contributed by atoms with Crippen LogP contribution < -0.4 is 10.7 Å². The molecule has 8 heteroatoms. The molecule has 1 saturated heterocycles. The molecule has 0 radical (unpaired) electrons. The Morgan fingerprint density at radius 3 is 2.42 bits per heavy atom. The quantitative estimate of drug-likeness (QED) is 0.294. The summed E-state index contributed by atoms with van der Waals surface area (Å²) in [4.78, 5) is 28.0. The van der Waals surface area contributed by atoms with E-state index in [0.29, 0.717) is 21.3 Å². The van der Waals surface area contributed by atoms with Crippen molar-refractivity contribution in [1.82, 2.24) is 10.3 Å². The number of piperidine rings is 1.